The quantitative estimate of drug-likeness (QED) is 0.691. The van der Waals surface area contributed by atoms with Gasteiger partial charge >= 0.3 is 6.09 Å². The zero-order valence-electron chi connectivity index (χ0n) is 19.4. The van der Waals surface area contributed by atoms with E-state index in [-0.39, 0.29) is 23.3 Å². The maximum Gasteiger partial charge on any atom is 0.409 e. The molecule has 3 aliphatic rings. The van der Waals surface area contributed by atoms with E-state index in [1.165, 1.54) is 5.56 Å². The van der Waals surface area contributed by atoms with Crippen LogP contribution in [0.2, 0.25) is 0 Å². The van der Waals surface area contributed by atoms with E-state index in [2.05, 4.69) is 29.2 Å². The Morgan fingerprint density at radius 3 is 2.42 bits per heavy atom. The zero-order chi connectivity index (χ0) is 22.8. The fraction of sp³-hybridized carbons (Fsp3) is 0.538. The van der Waals surface area contributed by atoms with E-state index in [1.54, 1.807) is 11.2 Å². The van der Waals surface area contributed by atoms with E-state index in [0.29, 0.717) is 32.8 Å². The first-order valence-electron chi connectivity index (χ1n) is 12.1. The molecule has 33 heavy (non-hydrogen) atoms. The van der Waals surface area contributed by atoms with Crippen LogP contribution in [0.25, 0.3) is 11.3 Å². The van der Waals surface area contributed by atoms with Crippen molar-refractivity contribution >= 4 is 12.0 Å². The third kappa shape index (κ3) is 4.51. The lowest BCUT2D eigenvalue weighted by Crippen LogP contribution is -2.51. The van der Waals surface area contributed by atoms with E-state index in [0.717, 1.165) is 50.2 Å². The lowest BCUT2D eigenvalue weighted by Gasteiger charge is -2.36. The van der Waals surface area contributed by atoms with Gasteiger partial charge in [0.2, 0.25) is 5.91 Å². The van der Waals surface area contributed by atoms with Gasteiger partial charge in [0, 0.05) is 44.2 Å². The smallest absolute Gasteiger partial charge is 0.409 e. The van der Waals surface area contributed by atoms with Gasteiger partial charge in [-0.1, -0.05) is 24.3 Å². The van der Waals surface area contributed by atoms with Crippen LogP contribution in [0.5, 0.6) is 0 Å². The number of rotatable bonds is 5. The molecule has 1 atom stereocenters. The second-order valence-corrected chi connectivity index (χ2v) is 9.54. The Kier molecular flexibility index (Phi) is 6.15. The molecular formula is C26H33N3O4. The average molecular weight is 452 g/mol. The number of piperidine rings is 1. The number of furan rings is 1. The number of benzene rings is 1. The van der Waals surface area contributed by atoms with Crippen LogP contribution in [0.4, 0.5) is 4.79 Å². The predicted octanol–water partition coefficient (Wildman–Crippen LogP) is 3.85. The summed E-state index contributed by atoms with van der Waals surface area (Å²) in [6.45, 7) is 7.49. The lowest BCUT2D eigenvalue weighted by molar-refractivity contribution is -0.135. The molecule has 5 rings (SSSR count). The molecule has 0 radical (unpaired) electrons. The largest absolute Gasteiger partial charge is 0.464 e. The highest BCUT2D eigenvalue weighted by Crippen LogP contribution is 2.60. The molecule has 2 saturated heterocycles. The van der Waals surface area contributed by atoms with Crippen molar-refractivity contribution in [2.45, 2.75) is 32.7 Å². The number of nitrogens with zero attached hydrogens (tertiary/aromatic N) is 3. The molecule has 2 amide bonds. The zero-order valence-corrected chi connectivity index (χ0v) is 19.4. The molecule has 0 N–H and O–H groups in total. The summed E-state index contributed by atoms with van der Waals surface area (Å²) >= 11 is 0. The summed E-state index contributed by atoms with van der Waals surface area (Å²) in [4.78, 5) is 31.2. The molecule has 1 spiro atoms. The number of likely N-dealkylation sites (tertiary alicyclic amines) is 1. The van der Waals surface area contributed by atoms with Gasteiger partial charge in [-0.25, -0.2) is 4.79 Å². The van der Waals surface area contributed by atoms with Crippen molar-refractivity contribution in [3.8, 4) is 11.3 Å². The fourth-order valence-corrected chi connectivity index (χ4v) is 5.52. The second kappa shape index (κ2) is 9.21. The number of hydrogen-bond acceptors (Lipinski definition) is 5. The molecule has 3 heterocycles. The van der Waals surface area contributed by atoms with Crippen molar-refractivity contribution in [1.82, 2.24) is 14.7 Å². The van der Waals surface area contributed by atoms with Gasteiger partial charge in [-0.2, -0.15) is 0 Å². The Morgan fingerprint density at radius 1 is 1.00 bits per heavy atom. The Morgan fingerprint density at radius 2 is 1.73 bits per heavy atom. The first-order chi connectivity index (χ1) is 16.1. The third-order valence-electron chi connectivity index (χ3n) is 7.65. The van der Waals surface area contributed by atoms with Crippen LogP contribution >= 0.6 is 0 Å². The van der Waals surface area contributed by atoms with Crippen molar-refractivity contribution in [3.63, 3.8) is 0 Å². The van der Waals surface area contributed by atoms with Crippen LogP contribution in [0, 0.1) is 11.3 Å². The highest BCUT2D eigenvalue weighted by molar-refractivity contribution is 5.83. The van der Waals surface area contributed by atoms with E-state index >= 15 is 0 Å². The highest BCUT2D eigenvalue weighted by atomic mass is 16.6. The average Bonchev–Trinajstić information content (AvgIpc) is 3.26. The Labute approximate surface area is 195 Å². The van der Waals surface area contributed by atoms with Crippen molar-refractivity contribution in [3.05, 3.63) is 48.2 Å². The van der Waals surface area contributed by atoms with E-state index in [4.69, 9.17) is 9.15 Å². The molecule has 2 aromatic rings. The number of carbonyl (C=O) groups is 2. The van der Waals surface area contributed by atoms with Gasteiger partial charge in [0.05, 0.1) is 12.9 Å². The van der Waals surface area contributed by atoms with Gasteiger partial charge < -0.3 is 19.0 Å². The predicted molar refractivity (Wildman–Crippen MR) is 124 cm³/mol. The van der Waals surface area contributed by atoms with Crippen LogP contribution in [-0.4, -0.2) is 72.6 Å². The summed E-state index contributed by atoms with van der Waals surface area (Å²) in [6, 6.07) is 12.4. The molecule has 1 saturated carbocycles. The molecule has 0 unspecified atom stereocenters. The minimum atomic E-state index is -0.270. The number of hydrogen-bond donors (Lipinski definition) is 0. The number of ether oxygens (including phenoxy) is 1. The number of carbonyl (C=O) groups excluding carboxylic acids is 2. The van der Waals surface area contributed by atoms with Crippen molar-refractivity contribution < 1.29 is 18.7 Å². The van der Waals surface area contributed by atoms with E-state index in [9.17, 15) is 9.59 Å². The third-order valence-corrected chi connectivity index (χ3v) is 7.65. The van der Waals surface area contributed by atoms with Gasteiger partial charge in [0.1, 0.15) is 5.76 Å². The summed E-state index contributed by atoms with van der Waals surface area (Å²) in [5.41, 5.74) is 2.63. The Bertz CT molecular complexity index is 973. The minimum absolute atomic E-state index is 0.157. The van der Waals surface area contributed by atoms with Crippen molar-refractivity contribution in [1.29, 1.82) is 0 Å². The van der Waals surface area contributed by atoms with Crippen molar-refractivity contribution in [2.75, 3.05) is 45.9 Å². The lowest BCUT2D eigenvalue weighted by atomic mass is 9.90. The standard InChI is InChI=1S/C26H33N3O4/c1-2-32-25(31)29-15-13-28(14-16-29)24(30)22-18-26(22)9-11-27(12-10-26)19-20-6-3-4-7-21(20)23-8-5-17-33-23/h3-8,17,22H,2,9-16,18-19H2,1H3/t22-/m1/s1. The molecule has 2 aliphatic heterocycles. The van der Waals surface area contributed by atoms with Gasteiger partial charge in [0.25, 0.3) is 0 Å². The Hall–Kier alpha value is -2.80. The molecule has 1 aliphatic carbocycles. The molecule has 7 nitrogen and oxygen atoms in total. The molecule has 7 heteroatoms. The van der Waals surface area contributed by atoms with Crippen LogP contribution in [0.15, 0.2) is 47.1 Å². The first kappa shape index (κ1) is 22.0. The number of amides is 2. The Balaban J connectivity index is 1.12. The van der Waals surface area contributed by atoms with Crippen LogP contribution in [-0.2, 0) is 16.1 Å². The topological polar surface area (TPSA) is 66.2 Å². The summed E-state index contributed by atoms with van der Waals surface area (Å²) in [7, 11) is 0. The molecule has 3 fully saturated rings. The summed E-state index contributed by atoms with van der Waals surface area (Å²) in [5.74, 6) is 1.36. The highest BCUT2D eigenvalue weighted by Gasteiger charge is 2.59. The summed E-state index contributed by atoms with van der Waals surface area (Å²) in [5, 5.41) is 0. The number of piperazine rings is 1. The van der Waals surface area contributed by atoms with Crippen LogP contribution in [0.1, 0.15) is 31.7 Å². The fourth-order valence-electron chi connectivity index (χ4n) is 5.52. The molecular weight excluding hydrogens is 418 g/mol. The maximum atomic E-state index is 13.2. The molecule has 176 valence electrons. The van der Waals surface area contributed by atoms with Gasteiger partial charge in [0.15, 0.2) is 0 Å². The maximum absolute atomic E-state index is 13.2. The van der Waals surface area contributed by atoms with Crippen molar-refractivity contribution in [2.24, 2.45) is 11.3 Å². The second-order valence-electron chi connectivity index (χ2n) is 9.54. The monoisotopic (exact) mass is 451 g/mol. The summed E-state index contributed by atoms with van der Waals surface area (Å²) in [6.07, 6.45) is 4.62. The normalized spacial score (nSPS) is 22.4. The molecule has 1 aromatic heterocycles. The molecule has 1 aromatic carbocycles. The minimum Gasteiger partial charge on any atom is -0.464 e. The van der Waals surface area contributed by atoms with Crippen LogP contribution in [0.3, 0.4) is 0 Å². The van der Waals surface area contributed by atoms with Gasteiger partial charge in [-0.3, -0.25) is 9.69 Å². The van der Waals surface area contributed by atoms with Gasteiger partial charge in [-0.15, -0.1) is 0 Å². The van der Waals surface area contributed by atoms with E-state index < -0.39 is 0 Å². The first-order valence-corrected chi connectivity index (χ1v) is 12.1. The van der Waals surface area contributed by atoms with Crippen LogP contribution < -0.4 is 0 Å². The SMILES string of the molecule is CCOC(=O)N1CCN(C(=O)[C@H]2CC23CCN(Cc2ccccc2-c2ccco2)CC3)CC1. The van der Waals surface area contributed by atoms with Gasteiger partial charge in [-0.05, 0) is 62.4 Å². The summed E-state index contributed by atoms with van der Waals surface area (Å²) < 4.78 is 10.7. The van der Waals surface area contributed by atoms with E-state index in [1.807, 2.05) is 24.0 Å². The molecule has 0 bridgehead atoms.